The van der Waals surface area contributed by atoms with E-state index in [0.29, 0.717) is 12.1 Å². The average Bonchev–Trinajstić information content (AvgIpc) is 2.37. The normalized spacial score (nSPS) is 12.2. The van der Waals surface area contributed by atoms with E-state index in [0.717, 1.165) is 12.0 Å². The Bertz CT molecular complexity index is 382. The number of carbonyl (C=O) groups excluding carboxylic acids is 1. The lowest BCUT2D eigenvalue weighted by molar-refractivity contribution is -0.118. The highest BCUT2D eigenvalue weighted by molar-refractivity contribution is 5.94. The van der Waals surface area contributed by atoms with E-state index in [1.54, 1.807) is 6.07 Å². The Hall–Kier alpha value is -1.43. The fraction of sp³-hybridized carbons (Fsp3) is 0.462. The number of methoxy groups -OCH3 is 1. The van der Waals surface area contributed by atoms with Gasteiger partial charge in [0.05, 0.1) is 6.61 Å². The molecule has 1 rings (SSSR count). The molecule has 1 aromatic carbocycles. The number of aryl methyl sites for hydroxylation is 1. The zero-order chi connectivity index (χ0) is 13.4. The molecular weight excluding hydrogens is 232 g/mol. The SMILES string of the molecule is COCC(N)C(=O)Nc1cccc(CCCO)c1. The van der Waals surface area contributed by atoms with Crippen LogP contribution < -0.4 is 11.1 Å². The van der Waals surface area contributed by atoms with Gasteiger partial charge in [0, 0.05) is 19.4 Å². The van der Waals surface area contributed by atoms with Crippen LogP contribution in [0.5, 0.6) is 0 Å². The van der Waals surface area contributed by atoms with Crippen molar-refractivity contribution in [3.05, 3.63) is 29.8 Å². The molecule has 1 unspecified atom stereocenters. The van der Waals surface area contributed by atoms with E-state index >= 15 is 0 Å². The molecule has 1 amide bonds. The van der Waals surface area contributed by atoms with Crippen molar-refractivity contribution in [2.45, 2.75) is 18.9 Å². The zero-order valence-corrected chi connectivity index (χ0v) is 10.6. The van der Waals surface area contributed by atoms with Crippen LogP contribution in [0, 0.1) is 0 Å². The summed E-state index contributed by atoms with van der Waals surface area (Å²) in [5.41, 5.74) is 7.41. The third kappa shape index (κ3) is 4.83. The molecule has 0 aromatic heterocycles. The van der Waals surface area contributed by atoms with Crippen molar-refractivity contribution in [1.82, 2.24) is 0 Å². The Kier molecular flexibility index (Phi) is 6.35. The van der Waals surface area contributed by atoms with Gasteiger partial charge < -0.3 is 20.9 Å². The smallest absolute Gasteiger partial charge is 0.243 e. The number of benzene rings is 1. The van der Waals surface area contributed by atoms with E-state index < -0.39 is 6.04 Å². The molecule has 0 spiro atoms. The molecule has 0 aliphatic carbocycles. The first-order chi connectivity index (χ1) is 8.67. The molecule has 4 N–H and O–H groups in total. The van der Waals surface area contributed by atoms with Crippen molar-refractivity contribution in [1.29, 1.82) is 0 Å². The number of hydrogen-bond acceptors (Lipinski definition) is 4. The van der Waals surface area contributed by atoms with Gasteiger partial charge in [-0.1, -0.05) is 12.1 Å². The molecule has 0 radical (unpaired) electrons. The highest BCUT2D eigenvalue weighted by atomic mass is 16.5. The number of rotatable bonds is 7. The molecule has 0 bridgehead atoms. The molecule has 0 aliphatic heterocycles. The molecule has 0 saturated heterocycles. The lowest BCUT2D eigenvalue weighted by Gasteiger charge is -2.12. The number of carbonyl (C=O) groups is 1. The van der Waals surface area contributed by atoms with Gasteiger partial charge in [0.25, 0.3) is 0 Å². The van der Waals surface area contributed by atoms with Gasteiger partial charge in [-0.25, -0.2) is 0 Å². The molecule has 0 fully saturated rings. The van der Waals surface area contributed by atoms with Crippen LogP contribution in [0.15, 0.2) is 24.3 Å². The largest absolute Gasteiger partial charge is 0.396 e. The monoisotopic (exact) mass is 252 g/mol. The van der Waals surface area contributed by atoms with E-state index in [-0.39, 0.29) is 19.1 Å². The van der Waals surface area contributed by atoms with E-state index in [9.17, 15) is 4.79 Å². The number of aliphatic hydroxyl groups is 1. The second-order valence-electron chi connectivity index (χ2n) is 4.08. The van der Waals surface area contributed by atoms with Crippen LogP contribution in [0.2, 0.25) is 0 Å². The van der Waals surface area contributed by atoms with Crippen molar-refractivity contribution in [3.63, 3.8) is 0 Å². The summed E-state index contributed by atoms with van der Waals surface area (Å²) in [6.07, 6.45) is 1.49. The minimum atomic E-state index is -0.670. The molecule has 0 aliphatic rings. The summed E-state index contributed by atoms with van der Waals surface area (Å²) in [7, 11) is 1.50. The lowest BCUT2D eigenvalue weighted by atomic mass is 10.1. The van der Waals surface area contributed by atoms with E-state index in [4.69, 9.17) is 15.6 Å². The first kappa shape index (κ1) is 14.6. The molecule has 1 aromatic rings. The first-order valence-electron chi connectivity index (χ1n) is 5.92. The maximum absolute atomic E-state index is 11.7. The number of hydrogen-bond donors (Lipinski definition) is 3. The van der Waals surface area contributed by atoms with Crippen LogP contribution in [0.4, 0.5) is 5.69 Å². The van der Waals surface area contributed by atoms with E-state index in [2.05, 4.69) is 5.32 Å². The molecule has 1 atom stereocenters. The summed E-state index contributed by atoms with van der Waals surface area (Å²) in [6.45, 7) is 0.353. The molecule has 18 heavy (non-hydrogen) atoms. The van der Waals surface area contributed by atoms with E-state index in [1.807, 2.05) is 18.2 Å². The maximum Gasteiger partial charge on any atom is 0.243 e. The quantitative estimate of drug-likeness (QED) is 0.660. The Morgan fingerprint density at radius 3 is 3.00 bits per heavy atom. The van der Waals surface area contributed by atoms with E-state index in [1.165, 1.54) is 7.11 Å². The second-order valence-corrected chi connectivity index (χ2v) is 4.08. The van der Waals surface area contributed by atoms with Crippen LogP contribution in [0.1, 0.15) is 12.0 Å². The average molecular weight is 252 g/mol. The van der Waals surface area contributed by atoms with Crippen LogP contribution >= 0.6 is 0 Å². The third-order valence-corrected chi connectivity index (χ3v) is 2.50. The summed E-state index contributed by atoms with van der Waals surface area (Å²) in [5, 5.41) is 11.5. The van der Waals surface area contributed by atoms with Crippen molar-refractivity contribution in [2.75, 3.05) is 25.6 Å². The maximum atomic E-state index is 11.7. The van der Waals surface area contributed by atoms with Crippen molar-refractivity contribution in [3.8, 4) is 0 Å². The van der Waals surface area contributed by atoms with Crippen LogP contribution in [-0.4, -0.2) is 37.4 Å². The number of nitrogens with two attached hydrogens (primary N) is 1. The van der Waals surface area contributed by atoms with Gasteiger partial charge in [-0.05, 0) is 30.5 Å². The summed E-state index contributed by atoms with van der Waals surface area (Å²) in [4.78, 5) is 11.7. The fourth-order valence-electron chi connectivity index (χ4n) is 1.58. The van der Waals surface area contributed by atoms with Gasteiger partial charge in [0.2, 0.25) is 5.91 Å². The molecule has 100 valence electrons. The number of ether oxygens (including phenoxy) is 1. The highest BCUT2D eigenvalue weighted by Crippen LogP contribution is 2.12. The number of aliphatic hydroxyl groups excluding tert-OH is 1. The highest BCUT2D eigenvalue weighted by Gasteiger charge is 2.12. The van der Waals surface area contributed by atoms with Crippen LogP contribution in [0.25, 0.3) is 0 Å². The van der Waals surface area contributed by atoms with Crippen LogP contribution in [0.3, 0.4) is 0 Å². The van der Waals surface area contributed by atoms with Gasteiger partial charge in [0.15, 0.2) is 0 Å². The van der Waals surface area contributed by atoms with Gasteiger partial charge in [-0.15, -0.1) is 0 Å². The summed E-state index contributed by atoms with van der Waals surface area (Å²) in [6, 6.07) is 6.84. The van der Waals surface area contributed by atoms with Gasteiger partial charge in [-0.2, -0.15) is 0 Å². The molecular formula is C13H20N2O3. The number of amides is 1. The standard InChI is InChI=1S/C13H20N2O3/c1-18-9-12(14)13(17)15-11-6-2-4-10(8-11)5-3-7-16/h2,4,6,8,12,16H,3,5,7,9,14H2,1H3,(H,15,17). The summed E-state index contributed by atoms with van der Waals surface area (Å²) >= 11 is 0. The predicted molar refractivity (Wildman–Crippen MR) is 70.3 cm³/mol. The van der Waals surface area contributed by atoms with Crippen molar-refractivity contribution < 1.29 is 14.6 Å². The Morgan fingerprint density at radius 1 is 1.56 bits per heavy atom. The molecule has 5 heteroatoms. The van der Waals surface area contributed by atoms with Gasteiger partial charge >= 0.3 is 0 Å². The third-order valence-electron chi connectivity index (χ3n) is 2.50. The van der Waals surface area contributed by atoms with Crippen molar-refractivity contribution in [2.24, 2.45) is 5.73 Å². The zero-order valence-electron chi connectivity index (χ0n) is 10.6. The Balaban J connectivity index is 2.58. The van der Waals surface area contributed by atoms with Crippen LogP contribution in [-0.2, 0) is 16.0 Å². The molecule has 0 heterocycles. The fourth-order valence-corrected chi connectivity index (χ4v) is 1.58. The second kappa shape index (κ2) is 7.81. The minimum absolute atomic E-state index is 0.162. The van der Waals surface area contributed by atoms with Gasteiger partial charge in [0.1, 0.15) is 6.04 Å². The number of anilines is 1. The Labute approximate surface area is 107 Å². The van der Waals surface area contributed by atoms with Crippen molar-refractivity contribution >= 4 is 11.6 Å². The topological polar surface area (TPSA) is 84.6 Å². The molecule has 5 nitrogen and oxygen atoms in total. The molecule has 0 saturated carbocycles. The summed E-state index contributed by atoms with van der Waals surface area (Å²) in [5.74, 6) is -0.267. The predicted octanol–water partition coefficient (Wildman–Crippen LogP) is 0.524. The summed E-state index contributed by atoms with van der Waals surface area (Å²) < 4.78 is 4.83. The first-order valence-corrected chi connectivity index (χ1v) is 5.92. The minimum Gasteiger partial charge on any atom is -0.396 e. The number of nitrogens with one attached hydrogen (secondary N) is 1. The lowest BCUT2D eigenvalue weighted by Crippen LogP contribution is -2.39. The Morgan fingerprint density at radius 2 is 2.33 bits per heavy atom. The van der Waals surface area contributed by atoms with Gasteiger partial charge in [-0.3, -0.25) is 4.79 Å².